The number of hydrogen-bond acceptors (Lipinski definition) is 1. The molecule has 1 saturated carbocycles. The first-order valence-electron chi connectivity index (χ1n) is 4.75. The van der Waals surface area contributed by atoms with Crippen molar-refractivity contribution in [2.24, 2.45) is 0 Å². The fraction of sp³-hybridized carbons (Fsp3) is 0.455. The zero-order valence-corrected chi connectivity index (χ0v) is 8.56. The SMILES string of the molecule is Cc1c(Cl)cccc1CNC1CC1. The molecule has 0 atom stereocenters. The van der Waals surface area contributed by atoms with E-state index in [1.165, 1.54) is 24.0 Å². The van der Waals surface area contributed by atoms with E-state index in [0.29, 0.717) is 0 Å². The molecule has 0 aliphatic heterocycles. The molecule has 1 nitrogen and oxygen atoms in total. The number of nitrogens with one attached hydrogen (secondary N) is 1. The highest BCUT2D eigenvalue weighted by Gasteiger charge is 2.20. The highest BCUT2D eigenvalue weighted by atomic mass is 35.5. The lowest BCUT2D eigenvalue weighted by Gasteiger charge is -2.07. The van der Waals surface area contributed by atoms with Gasteiger partial charge in [0.2, 0.25) is 0 Å². The molecule has 0 amide bonds. The second kappa shape index (κ2) is 3.69. The highest BCUT2D eigenvalue weighted by Crippen LogP contribution is 2.22. The second-order valence-electron chi connectivity index (χ2n) is 3.68. The molecule has 1 aliphatic carbocycles. The van der Waals surface area contributed by atoms with Crippen LogP contribution in [0.25, 0.3) is 0 Å². The number of halogens is 1. The summed E-state index contributed by atoms with van der Waals surface area (Å²) in [6.07, 6.45) is 2.67. The summed E-state index contributed by atoms with van der Waals surface area (Å²) in [5.74, 6) is 0. The van der Waals surface area contributed by atoms with Gasteiger partial charge in [-0.25, -0.2) is 0 Å². The Morgan fingerprint density at radius 1 is 1.46 bits per heavy atom. The quantitative estimate of drug-likeness (QED) is 0.782. The van der Waals surface area contributed by atoms with Crippen LogP contribution in [0.5, 0.6) is 0 Å². The van der Waals surface area contributed by atoms with Gasteiger partial charge in [0, 0.05) is 17.6 Å². The molecular formula is C11H14ClN. The smallest absolute Gasteiger partial charge is 0.0438 e. The molecular weight excluding hydrogens is 182 g/mol. The van der Waals surface area contributed by atoms with Crippen molar-refractivity contribution in [1.82, 2.24) is 5.32 Å². The van der Waals surface area contributed by atoms with Crippen molar-refractivity contribution < 1.29 is 0 Å². The van der Waals surface area contributed by atoms with Crippen molar-refractivity contribution >= 4 is 11.6 Å². The van der Waals surface area contributed by atoms with E-state index < -0.39 is 0 Å². The average molecular weight is 196 g/mol. The van der Waals surface area contributed by atoms with Crippen molar-refractivity contribution in [2.45, 2.75) is 32.4 Å². The number of benzene rings is 1. The first-order chi connectivity index (χ1) is 6.27. The van der Waals surface area contributed by atoms with Gasteiger partial charge >= 0.3 is 0 Å². The summed E-state index contributed by atoms with van der Waals surface area (Å²) in [6, 6.07) is 6.85. The van der Waals surface area contributed by atoms with E-state index in [4.69, 9.17) is 11.6 Å². The van der Waals surface area contributed by atoms with E-state index in [1.807, 2.05) is 12.1 Å². The molecule has 2 rings (SSSR count). The Morgan fingerprint density at radius 3 is 2.92 bits per heavy atom. The zero-order chi connectivity index (χ0) is 9.26. The lowest BCUT2D eigenvalue weighted by atomic mass is 10.1. The van der Waals surface area contributed by atoms with Crippen molar-refractivity contribution in [2.75, 3.05) is 0 Å². The molecule has 2 heteroatoms. The first kappa shape index (κ1) is 9.04. The minimum absolute atomic E-state index is 0.762. The number of hydrogen-bond donors (Lipinski definition) is 1. The molecule has 0 saturated heterocycles. The van der Waals surface area contributed by atoms with Gasteiger partial charge in [0.25, 0.3) is 0 Å². The maximum absolute atomic E-state index is 6.02. The molecule has 0 unspecified atom stereocenters. The van der Waals surface area contributed by atoms with Gasteiger partial charge in [0.1, 0.15) is 0 Å². The highest BCUT2D eigenvalue weighted by molar-refractivity contribution is 6.31. The maximum Gasteiger partial charge on any atom is 0.0438 e. The van der Waals surface area contributed by atoms with Crippen LogP contribution in [-0.2, 0) is 6.54 Å². The number of rotatable bonds is 3. The predicted octanol–water partition coefficient (Wildman–Crippen LogP) is 2.90. The summed E-state index contributed by atoms with van der Waals surface area (Å²) in [6.45, 7) is 3.03. The molecule has 0 spiro atoms. The maximum atomic E-state index is 6.02. The van der Waals surface area contributed by atoms with E-state index in [9.17, 15) is 0 Å². The molecule has 0 aromatic heterocycles. The van der Waals surface area contributed by atoms with Gasteiger partial charge in [-0.05, 0) is 37.0 Å². The Morgan fingerprint density at radius 2 is 2.23 bits per heavy atom. The topological polar surface area (TPSA) is 12.0 Å². The van der Waals surface area contributed by atoms with Crippen LogP contribution in [0.2, 0.25) is 5.02 Å². The monoisotopic (exact) mass is 195 g/mol. The predicted molar refractivity (Wildman–Crippen MR) is 56.1 cm³/mol. The van der Waals surface area contributed by atoms with Gasteiger partial charge in [-0.1, -0.05) is 23.7 Å². The largest absolute Gasteiger partial charge is 0.310 e. The molecule has 1 aromatic carbocycles. The van der Waals surface area contributed by atoms with E-state index in [2.05, 4.69) is 18.3 Å². The summed E-state index contributed by atoms with van der Waals surface area (Å²) >= 11 is 6.02. The third-order valence-electron chi connectivity index (χ3n) is 2.54. The molecule has 1 aliphatic rings. The molecule has 1 fully saturated rings. The third kappa shape index (κ3) is 2.23. The van der Waals surface area contributed by atoms with Crippen molar-refractivity contribution in [1.29, 1.82) is 0 Å². The van der Waals surface area contributed by atoms with Crippen LogP contribution in [0.15, 0.2) is 18.2 Å². The molecule has 0 heterocycles. The van der Waals surface area contributed by atoms with Crippen LogP contribution < -0.4 is 5.32 Å². The standard InChI is InChI=1S/C11H14ClN/c1-8-9(3-2-4-11(8)12)7-13-10-5-6-10/h2-4,10,13H,5-7H2,1H3. The van der Waals surface area contributed by atoms with Gasteiger partial charge in [0.05, 0.1) is 0 Å². The lowest BCUT2D eigenvalue weighted by molar-refractivity contribution is 0.685. The lowest BCUT2D eigenvalue weighted by Crippen LogP contribution is -2.15. The van der Waals surface area contributed by atoms with E-state index >= 15 is 0 Å². The Labute approximate surface area is 84.1 Å². The van der Waals surface area contributed by atoms with Crippen LogP contribution in [-0.4, -0.2) is 6.04 Å². The second-order valence-corrected chi connectivity index (χ2v) is 4.09. The van der Waals surface area contributed by atoms with Crippen molar-refractivity contribution in [3.8, 4) is 0 Å². The molecule has 1 N–H and O–H groups in total. The van der Waals surface area contributed by atoms with Crippen LogP contribution in [0, 0.1) is 6.92 Å². The summed E-state index contributed by atoms with van der Waals surface area (Å²) < 4.78 is 0. The first-order valence-corrected chi connectivity index (χ1v) is 5.12. The average Bonchev–Trinajstić information content (AvgIpc) is 2.91. The fourth-order valence-electron chi connectivity index (χ4n) is 1.39. The fourth-order valence-corrected chi connectivity index (χ4v) is 1.58. The Balaban J connectivity index is 2.05. The van der Waals surface area contributed by atoms with Gasteiger partial charge in [-0.15, -0.1) is 0 Å². The summed E-state index contributed by atoms with van der Waals surface area (Å²) in [5, 5.41) is 4.35. The van der Waals surface area contributed by atoms with Crippen molar-refractivity contribution in [3.05, 3.63) is 34.3 Å². The van der Waals surface area contributed by atoms with E-state index in [-0.39, 0.29) is 0 Å². The Kier molecular flexibility index (Phi) is 2.56. The van der Waals surface area contributed by atoms with Crippen LogP contribution in [0.3, 0.4) is 0 Å². The summed E-state index contributed by atoms with van der Waals surface area (Å²) in [5.41, 5.74) is 2.52. The molecule has 0 radical (unpaired) electrons. The Hall–Kier alpha value is -0.530. The van der Waals surface area contributed by atoms with E-state index in [1.54, 1.807) is 0 Å². The summed E-state index contributed by atoms with van der Waals surface area (Å²) in [4.78, 5) is 0. The normalized spacial score (nSPS) is 16.2. The van der Waals surface area contributed by atoms with Gasteiger partial charge in [0.15, 0.2) is 0 Å². The molecule has 13 heavy (non-hydrogen) atoms. The minimum atomic E-state index is 0.762. The van der Waals surface area contributed by atoms with Crippen LogP contribution in [0.4, 0.5) is 0 Å². The molecule has 1 aromatic rings. The van der Waals surface area contributed by atoms with Gasteiger partial charge in [-0.2, -0.15) is 0 Å². The zero-order valence-electron chi connectivity index (χ0n) is 7.81. The third-order valence-corrected chi connectivity index (χ3v) is 2.95. The van der Waals surface area contributed by atoms with Crippen LogP contribution >= 0.6 is 11.6 Å². The van der Waals surface area contributed by atoms with Gasteiger partial charge in [-0.3, -0.25) is 0 Å². The Bertz CT molecular complexity index is 305. The minimum Gasteiger partial charge on any atom is -0.310 e. The van der Waals surface area contributed by atoms with Crippen LogP contribution in [0.1, 0.15) is 24.0 Å². The summed E-state index contributed by atoms with van der Waals surface area (Å²) in [7, 11) is 0. The molecule has 70 valence electrons. The van der Waals surface area contributed by atoms with Gasteiger partial charge < -0.3 is 5.32 Å². The van der Waals surface area contributed by atoms with E-state index in [0.717, 1.165) is 17.6 Å². The van der Waals surface area contributed by atoms with Crippen molar-refractivity contribution in [3.63, 3.8) is 0 Å². The molecule has 0 bridgehead atoms.